The first kappa shape index (κ1) is 33.8. The molecule has 2 aliphatic rings. The quantitative estimate of drug-likeness (QED) is 0.226. The van der Waals surface area contributed by atoms with Crippen molar-refractivity contribution in [2.24, 2.45) is 0 Å². The number of piperidine rings is 1. The molecule has 232 valence electrons. The number of aliphatic carboxylic acids is 2. The molecule has 0 radical (unpaired) electrons. The van der Waals surface area contributed by atoms with Gasteiger partial charge >= 0.3 is 11.9 Å². The van der Waals surface area contributed by atoms with Crippen LogP contribution in [0.2, 0.25) is 5.02 Å². The number of carbonyl (C=O) groups excluding carboxylic acids is 1. The fourth-order valence-corrected chi connectivity index (χ4v) is 4.99. The number of amides is 1. The molecule has 11 heteroatoms. The van der Waals surface area contributed by atoms with E-state index in [1.54, 1.807) is 0 Å². The van der Waals surface area contributed by atoms with Gasteiger partial charge in [-0.3, -0.25) is 9.69 Å². The van der Waals surface area contributed by atoms with Crippen molar-refractivity contribution < 1.29 is 33.7 Å². The first-order valence-electron chi connectivity index (χ1n) is 14.4. The summed E-state index contributed by atoms with van der Waals surface area (Å²) >= 11 is 5.79. The summed E-state index contributed by atoms with van der Waals surface area (Å²) in [7, 11) is 0. The lowest BCUT2D eigenvalue weighted by molar-refractivity contribution is -0.134. The van der Waals surface area contributed by atoms with Gasteiger partial charge < -0.3 is 25.2 Å². The second kappa shape index (κ2) is 18.0. The minimum Gasteiger partial charge on any atom is -0.494 e. The van der Waals surface area contributed by atoms with E-state index in [-0.39, 0.29) is 17.0 Å². The number of nitrogens with one attached hydrogen (secondary N) is 1. The highest BCUT2D eigenvalue weighted by molar-refractivity contribution is 6.31. The minimum absolute atomic E-state index is 0.0330. The van der Waals surface area contributed by atoms with Crippen molar-refractivity contribution in [3.8, 4) is 5.75 Å². The first-order chi connectivity index (χ1) is 20.7. The number of halogens is 2. The molecule has 2 saturated heterocycles. The highest BCUT2D eigenvalue weighted by Crippen LogP contribution is 2.18. The number of benzene rings is 2. The normalized spacial score (nSPS) is 16.2. The average molecular weight is 616 g/mol. The highest BCUT2D eigenvalue weighted by Gasteiger charge is 2.21. The molecule has 2 aromatic carbocycles. The molecular formula is C32H39ClFN3O6. The standard InChI is InChI=1S/C28H35ClFN3O2.C4H4O4/c29-26-21-23(8-11-27(26)30)28(34)31-24-12-18-33(19-13-24)16-3-5-22-6-9-25(10-7-22)35-20-4-17-32-14-1-2-15-32;5-3(6)1-2-4(7)8/h3,5-11,21,24H,1-2,4,12-20H2,(H,31,34);1-2H,(H,5,6)(H,7,8)/b5-3+;2-1+. The Kier molecular flexibility index (Phi) is 14.2. The summed E-state index contributed by atoms with van der Waals surface area (Å²) in [5.41, 5.74) is 1.55. The maximum Gasteiger partial charge on any atom is 0.328 e. The third-order valence-corrected chi connectivity index (χ3v) is 7.40. The van der Waals surface area contributed by atoms with Gasteiger partial charge in [-0.25, -0.2) is 14.0 Å². The van der Waals surface area contributed by atoms with E-state index in [1.165, 1.54) is 44.1 Å². The van der Waals surface area contributed by atoms with Crippen LogP contribution in [0.3, 0.4) is 0 Å². The molecule has 2 fully saturated rings. The molecular weight excluding hydrogens is 577 g/mol. The van der Waals surface area contributed by atoms with Crippen LogP contribution in [-0.4, -0.2) is 89.8 Å². The predicted molar refractivity (Wildman–Crippen MR) is 164 cm³/mol. The number of carboxylic acids is 2. The smallest absolute Gasteiger partial charge is 0.328 e. The van der Waals surface area contributed by atoms with E-state index in [4.69, 9.17) is 26.6 Å². The molecule has 2 aliphatic heterocycles. The Morgan fingerprint density at radius 3 is 2.21 bits per heavy atom. The molecule has 0 bridgehead atoms. The van der Waals surface area contributed by atoms with Gasteiger partial charge in [0, 0.05) is 49.9 Å². The van der Waals surface area contributed by atoms with Gasteiger partial charge in [-0.05, 0) is 81.1 Å². The number of hydrogen-bond acceptors (Lipinski definition) is 6. The Balaban J connectivity index is 0.000000557. The summed E-state index contributed by atoms with van der Waals surface area (Å²) in [6.07, 6.45) is 11.0. The Morgan fingerprint density at radius 1 is 0.953 bits per heavy atom. The van der Waals surface area contributed by atoms with Crippen LogP contribution in [-0.2, 0) is 9.59 Å². The van der Waals surface area contributed by atoms with Crippen molar-refractivity contribution in [3.05, 3.63) is 82.7 Å². The SMILES string of the molecule is O=C(NC1CCN(C/C=C/c2ccc(OCCCN3CCCC3)cc2)CC1)c1ccc(F)c(Cl)c1.O=C(O)/C=C/C(=O)O. The number of hydrogen-bond donors (Lipinski definition) is 3. The van der Waals surface area contributed by atoms with Gasteiger partial charge in [0.15, 0.2) is 0 Å². The van der Waals surface area contributed by atoms with E-state index in [0.29, 0.717) is 17.7 Å². The van der Waals surface area contributed by atoms with E-state index in [0.717, 1.165) is 63.4 Å². The van der Waals surface area contributed by atoms with Crippen LogP contribution in [0.4, 0.5) is 4.39 Å². The van der Waals surface area contributed by atoms with Crippen LogP contribution in [0.1, 0.15) is 48.0 Å². The first-order valence-corrected chi connectivity index (χ1v) is 14.8. The van der Waals surface area contributed by atoms with E-state index in [1.807, 2.05) is 12.1 Å². The fourth-order valence-electron chi connectivity index (χ4n) is 4.81. The molecule has 3 N–H and O–H groups in total. The van der Waals surface area contributed by atoms with E-state index >= 15 is 0 Å². The van der Waals surface area contributed by atoms with Gasteiger partial charge in [0.2, 0.25) is 0 Å². The molecule has 2 aromatic rings. The number of ether oxygens (including phenoxy) is 1. The average Bonchev–Trinajstić information content (AvgIpc) is 3.51. The van der Waals surface area contributed by atoms with Gasteiger partial charge in [-0.1, -0.05) is 35.9 Å². The summed E-state index contributed by atoms with van der Waals surface area (Å²) in [4.78, 5) is 36.4. The molecule has 9 nitrogen and oxygen atoms in total. The zero-order valence-corrected chi connectivity index (χ0v) is 24.8. The lowest BCUT2D eigenvalue weighted by Gasteiger charge is -2.31. The van der Waals surface area contributed by atoms with Gasteiger partial charge in [-0.15, -0.1) is 0 Å². The fraction of sp³-hybridized carbons (Fsp3) is 0.406. The molecule has 0 aliphatic carbocycles. The summed E-state index contributed by atoms with van der Waals surface area (Å²) in [6.45, 7) is 7.09. The van der Waals surface area contributed by atoms with E-state index in [2.05, 4.69) is 39.4 Å². The Morgan fingerprint density at radius 2 is 1.60 bits per heavy atom. The molecule has 2 heterocycles. The van der Waals surface area contributed by atoms with Crippen LogP contribution in [0.15, 0.2) is 60.7 Å². The summed E-state index contributed by atoms with van der Waals surface area (Å²) in [5.74, 6) is -2.31. The predicted octanol–water partition coefficient (Wildman–Crippen LogP) is 4.96. The van der Waals surface area contributed by atoms with Crippen molar-refractivity contribution >= 4 is 35.5 Å². The topological polar surface area (TPSA) is 119 Å². The van der Waals surface area contributed by atoms with Crippen molar-refractivity contribution in [2.45, 2.75) is 38.1 Å². The summed E-state index contributed by atoms with van der Waals surface area (Å²) in [5, 5.41) is 18.6. The molecule has 4 rings (SSSR count). The summed E-state index contributed by atoms with van der Waals surface area (Å²) < 4.78 is 19.2. The Bertz CT molecular complexity index is 1240. The van der Waals surface area contributed by atoms with Crippen molar-refractivity contribution in [3.63, 3.8) is 0 Å². The van der Waals surface area contributed by atoms with Gasteiger partial charge in [0.25, 0.3) is 5.91 Å². The number of carbonyl (C=O) groups is 3. The van der Waals surface area contributed by atoms with Gasteiger partial charge in [0.05, 0.1) is 11.6 Å². The Hall–Kier alpha value is -3.73. The monoisotopic (exact) mass is 615 g/mol. The van der Waals surface area contributed by atoms with Crippen LogP contribution < -0.4 is 10.1 Å². The Labute approximate surface area is 256 Å². The number of nitrogens with zero attached hydrogens (tertiary/aromatic N) is 2. The lowest BCUT2D eigenvalue weighted by Crippen LogP contribution is -2.44. The molecule has 0 atom stereocenters. The lowest BCUT2D eigenvalue weighted by atomic mass is 10.0. The van der Waals surface area contributed by atoms with Crippen LogP contribution in [0, 0.1) is 5.82 Å². The van der Waals surface area contributed by atoms with Crippen molar-refractivity contribution in [2.75, 3.05) is 45.9 Å². The third-order valence-electron chi connectivity index (χ3n) is 7.11. The maximum absolute atomic E-state index is 13.3. The zero-order valence-electron chi connectivity index (χ0n) is 24.1. The zero-order chi connectivity index (χ0) is 31.0. The number of carboxylic acid groups (broad SMARTS) is 2. The van der Waals surface area contributed by atoms with Gasteiger partial charge in [0.1, 0.15) is 11.6 Å². The highest BCUT2D eigenvalue weighted by atomic mass is 35.5. The molecule has 0 spiro atoms. The number of rotatable bonds is 12. The largest absolute Gasteiger partial charge is 0.494 e. The van der Waals surface area contributed by atoms with E-state index < -0.39 is 17.8 Å². The third kappa shape index (κ3) is 13.0. The van der Waals surface area contributed by atoms with Crippen LogP contribution in [0.5, 0.6) is 5.75 Å². The maximum atomic E-state index is 13.3. The second-order valence-corrected chi connectivity index (χ2v) is 10.8. The van der Waals surface area contributed by atoms with Crippen LogP contribution >= 0.6 is 11.6 Å². The van der Waals surface area contributed by atoms with E-state index in [9.17, 15) is 18.8 Å². The van der Waals surface area contributed by atoms with Gasteiger partial charge in [-0.2, -0.15) is 0 Å². The minimum atomic E-state index is -1.26. The summed E-state index contributed by atoms with van der Waals surface area (Å²) in [6, 6.07) is 12.4. The van der Waals surface area contributed by atoms with Crippen LogP contribution in [0.25, 0.3) is 6.08 Å². The van der Waals surface area contributed by atoms with Crippen molar-refractivity contribution in [1.29, 1.82) is 0 Å². The molecule has 0 aromatic heterocycles. The molecule has 43 heavy (non-hydrogen) atoms. The number of likely N-dealkylation sites (tertiary alicyclic amines) is 2. The molecule has 1 amide bonds. The molecule has 0 saturated carbocycles. The van der Waals surface area contributed by atoms with Crippen molar-refractivity contribution in [1.82, 2.24) is 15.1 Å². The molecule has 0 unspecified atom stereocenters. The second-order valence-electron chi connectivity index (χ2n) is 10.4.